The molecule has 148 valence electrons. The average molecular weight is 383 g/mol. The van der Waals surface area contributed by atoms with E-state index in [0.29, 0.717) is 18.1 Å². The van der Waals surface area contributed by atoms with Crippen LogP contribution in [0.4, 0.5) is 0 Å². The molecule has 0 radical (unpaired) electrons. The fraction of sp³-hybridized carbons (Fsp3) is 0.400. The van der Waals surface area contributed by atoms with Crippen LogP contribution in [0.1, 0.15) is 5.69 Å². The van der Waals surface area contributed by atoms with E-state index in [9.17, 15) is 0 Å². The number of methoxy groups -OCH3 is 1. The van der Waals surface area contributed by atoms with Gasteiger partial charge in [-0.2, -0.15) is 5.10 Å². The minimum Gasteiger partial charge on any atom is -0.493 e. The Hall–Kier alpha value is -2.84. The smallest absolute Gasteiger partial charge is 0.161 e. The molecule has 2 aromatic heterocycles. The summed E-state index contributed by atoms with van der Waals surface area (Å²) in [6, 6.07) is 5.88. The van der Waals surface area contributed by atoms with E-state index in [1.807, 2.05) is 35.9 Å². The highest BCUT2D eigenvalue weighted by Gasteiger charge is 2.15. The van der Waals surface area contributed by atoms with Crippen molar-refractivity contribution in [3.05, 3.63) is 42.5 Å². The molecule has 0 spiro atoms. The van der Waals surface area contributed by atoms with E-state index >= 15 is 0 Å². The lowest BCUT2D eigenvalue weighted by atomic mass is 10.2. The van der Waals surface area contributed by atoms with E-state index in [-0.39, 0.29) is 0 Å². The van der Waals surface area contributed by atoms with Gasteiger partial charge in [-0.1, -0.05) is 0 Å². The number of rotatable bonds is 7. The number of aromatic amines is 1. The number of ether oxygens (including phenoxy) is 3. The summed E-state index contributed by atoms with van der Waals surface area (Å²) in [5.74, 6) is 2.25. The fourth-order valence-corrected chi connectivity index (χ4v) is 3.34. The van der Waals surface area contributed by atoms with Gasteiger partial charge in [0.2, 0.25) is 0 Å². The van der Waals surface area contributed by atoms with Crippen molar-refractivity contribution in [2.45, 2.75) is 6.92 Å². The number of aromatic nitrogens is 4. The minimum atomic E-state index is 0.592. The normalized spacial score (nSPS) is 14.9. The van der Waals surface area contributed by atoms with Crippen LogP contribution in [-0.4, -0.2) is 71.2 Å². The molecule has 0 aliphatic carbocycles. The Morgan fingerprint density at radius 2 is 2.07 bits per heavy atom. The SMILES string of the molecule is COc1ccc(-c2nccn2-c2cn[nH]c2C)cc1OCCN1CCOCC1. The highest BCUT2D eigenvalue weighted by Crippen LogP contribution is 2.33. The van der Waals surface area contributed by atoms with E-state index in [2.05, 4.69) is 20.1 Å². The lowest BCUT2D eigenvalue weighted by molar-refractivity contribution is 0.0321. The van der Waals surface area contributed by atoms with E-state index in [1.165, 1.54) is 0 Å². The van der Waals surface area contributed by atoms with Gasteiger partial charge in [0.15, 0.2) is 11.5 Å². The van der Waals surface area contributed by atoms with E-state index in [1.54, 1.807) is 19.5 Å². The standard InChI is InChI=1S/C20H25N5O3/c1-15-17(14-22-23-15)25-6-5-21-20(25)16-3-4-18(26-2)19(13-16)28-12-9-24-7-10-27-11-8-24/h3-6,13-14H,7-12H2,1-2H3,(H,22,23). The molecule has 1 aliphatic rings. The van der Waals surface area contributed by atoms with E-state index < -0.39 is 0 Å². The number of H-pyrrole nitrogens is 1. The number of nitrogens with one attached hydrogen (secondary N) is 1. The number of morpholine rings is 1. The Morgan fingerprint density at radius 3 is 2.82 bits per heavy atom. The maximum Gasteiger partial charge on any atom is 0.161 e. The van der Waals surface area contributed by atoms with Crippen LogP contribution in [0.5, 0.6) is 11.5 Å². The Kier molecular flexibility index (Phi) is 5.59. The molecular formula is C20H25N5O3. The molecular weight excluding hydrogens is 358 g/mol. The van der Waals surface area contributed by atoms with Crippen LogP contribution in [0.25, 0.3) is 17.1 Å². The van der Waals surface area contributed by atoms with Crippen molar-refractivity contribution in [1.29, 1.82) is 0 Å². The van der Waals surface area contributed by atoms with Crippen LogP contribution >= 0.6 is 0 Å². The first-order valence-electron chi connectivity index (χ1n) is 9.41. The second-order valence-electron chi connectivity index (χ2n) is 6.67. The second-order valence-corrected chi connectivity index (χ2v) is 6.67. The third-order valence-electron chi connectivity index (χ3n) is 4.89. The van der Waals surface area contributed by atoms with Crippen LogP contribution < -0.4 is 9.47 Å². The number of hydrogen-bond acceptors (Lipinski definition) is 6. The molecule has 1 fully saturated rings. The van der Waals surface area contributed by atoms with E-state index in [4.69, 9.17) is 14.2 Å². The molecule has 1 aromatic carbocycles. The lowest BCUT2D eigenvalue weighted by Crippen LogP contribution is -2.38. The van der Waals surface area contributed by atoms with Crippen molar-refractivity contribution in [1.82, 2.24) is 24.6 Å². The average Bonchev–Trinajstić information content (AvgIpc) is 3.37. The monoisotopic (exact) mass is 383 g/mol. The maximum absolute atomic E-state index is 6.06. The lowest BCUT2D eigenvalue weighted by Gasteiger charge is -2.26. The molecule has 0 unspecified atom stereocenters. The third kappa shape index (κ3) is 3.88. The molecule has 8 heteroatoms. The van der Waals surface area contributed by atoms with Crippen LogP contribution in [0, 0.1) is 6.92 Å². The zero-order valence-corrected chi connectivity index (χ0v) is 16.2. The van der Waals surface area contributed by atoms with Crippen molar-refractivity contribution in [2.24, 2.45) is 0 Å². The molecule has 28 heavy (non-hydrogen) atoms. The molecule has 4 rings (SSSR count). The van der Waals surface area contributed by atoms with Gasteiger partial charge in [-0.15, -0.1) is 0 Å². The summed E-state index contributed by atoms with van der Waals surface area (Å²) < 4.78 is 18.9. The van der Waals surface area contributed by atoms with Gasteiger partial charge in [-0.3, -0.25) is 14.6 Å². The van der Waals surface area contributed by atoms with Gasteiger partial charge in [-0.05, 0) is 25.1 Å². The van der Waals surface area contributed by atoms with Crippen molar-refractivity contribution in [2.75, 3.05) is 46.6 Å². The summed E-state index contributed by atoms with van der Waals surface area (Å²) in [4.78, 5) is 6.88. The zero-order valence-electron chi connectivity index (χ0n) is 16.2. The summed E-state index contributed by atoms with van der Waals surface area (Å²) in [7, 11) is 1.65. The second kappa shape index (κ2) is 8.45. The molecule has 3 heterocycles. The van der Waals surface area contributed by atoms with Gasteiger partial charge in [-0.25, -0.2) is 4.98 Å². The van der Waals surface area contributed by atoms with Gasteiger partial charge < -0.3 is 14.2 Å². The van der Waals surface area contributed by atoms with Gasteiger partial charge in [0, 0.05) is 37.6 Å². The predicted octanol–water partition coefficient (Wildman–Crippen LogP) is 2.29. The van der Waals surface area contributed by atoms with Gasteiger partial charge >= 0.3 is 0 Å². The summed E-state index contributed by atoms with van der Waals surface area (Å²) in [5.41, 5.74) is 2.90. The molecule has 1 aliphatic heterocycles. The number of hydrogen-bond donors (Lipinski definition) is 1. The van der Waals surface area contributed by atoms with E-state index in [0.717, 1.165) is 55.6 Å². The Labute approximate surface area is 164 Å². The number of nitrogens with zero attached hydrogens (tertiary/aromatic N) is 4. The first kappa shape index (κ1) is 18.5. The zero-order chi connectivity index (χ0) is 19.3. The summed E-state index contributed by atoms with van der Waals surface area (Å²) in [6.07, 6.45) is 5.51. The molecule has 0 atom stereocenters. The molecule has 0 bridgehead atoms. The van der Waals surface area contributed by atoms with Crippen LogP contribution in [-0.2, 0) is 4.74 Å². The van der Waals surface area contributed by atoms with Gasteiger partial charge in [0.25, 0.3) is 0 Å². The maximum atomic E-state index is 6.06. The van der Waals surface area contributed by atoms with Crippen LogP contribution in [0.15, 0.2) is 36.8 Å². The first-order valence-corrected chi connectivity index (χ1v) is 9.41. The Morgan fingerprint density at radius 1 is 1.21 bits per heavy atom. The van der Waals surface area contributed by atoms with Crippen LogP contribution in [0.2, 0.25) is 0 Å². The predicted molar refractivity (Wildman–Crippen MR) is 105 cm³/mol. The highest BCUT2D eigenvalue weighted by molar-refractivity contribution is 5.63. The van der Waals surface area contributed by atoms with Crippen molar-refractivity contribution >= 4 is 0 Å². The molecule has 3 aromatic rings. The molecule has 8 nitrogen and oxygen atoms in total. The Bertz CT molecular complexity index is 914. The quantitative estimate of drug-likeness (QED) is 0.675. The fourth-order valence-electron chi connectivity index (χ4n) is 3.34. The highest BCUT2D eigenvalue weighted by atomic mass is 16.5. The van der Waals surface area contributed by atoms with Gasteiger partial charge in [0.05, 0.1) is 37.9 Å². The minimum absolute atomic E-state index is 0.592. The number of benzene rings is 1. The largest absolute Gasteiger partial charge is 0.493 e. The first-order chi connectivity index (χ1) is 13.8. The summed E-state index contributed by atoms with van der Waals surface area (Å²) in [6.45, 7) is 6.91. The van der Waals surface area contributed by atoms with Crippen molar-refractivity contribution in [3.8, 4) is 28.6 Å². The van der Waals surface area contributed by atoms with Crippen molar-refractivity contribution < 1.29 is 14.2 Å². The summed E-state index contributed by atoms with van der Waals surface area (Å²) in [5, 5.41) is 7.08. The Balaban J connectivity index is 1.54. The third-order valence-corrected chi connectivity index (χ3v) is 4.89. The van der Waals surface area contributed by atoms with Gasteiger partial charge in [0.1, 0.15) is 12.4 Å². The van der Waals surface area contributed by atoms with Crippen molar-refractivity contribution in [3.63, 3.8) is 0 Å². The molecule has 0 amide bonds. The number of imidazole rings is 1. The molecule has 1 N–H and O–H groups in total. The number of aryl methyl sites for hydroxylation is 1. The topological polar surface area (TPSA) is 77.4 Å². The van der Waals surface area contributed by atoms with Crippen LogP contribution in [0.3, 0.4) is 0 Å². The molecule has 1 saturated heterocycles. The molecule has 0 saturated carbocycles. The summed E-state index contributed by atoms with van der Waals surface area (Å²) >= 11 is 0.